The Morgan fingerprint density at radius 1 is 1.19 bits per heavy atom. The van der Waals surface area contributed by atoms with E-state index in [1.54, 1.807) is 24.3 Å². The molecule has 0 fully saturated rings. The Labute approximate surface area is 92.4 Å². The number of benzene rings is 1. The standard InChI is InChI=1S/C13H11F3/c1-3-9-7-5-6-8-11(9)10(4-2)12(14)13(15)16/h3-8H,1H2,2H3/b10-4+. The van der Waals surface area contributed by atoms with Gasteiger partial charge in [0.1, 0.15) is 0 Å². The van der Waals surface area contributed by atoms with Crippen LogP contribution in [0.1, 0.15) is 18.1 Å². The first-order chi connectivity index (χ1) is 7.61. The smallest absolute Gasteiger partial charge is 0.200 e. The number of hydrogen-bond donors (Lipinski definition) is 0. The number of allylic oxidation sites excluding steroid dienone is 3. The highest BCUT2D eigenvalue weighted by molar-refractivity contribution is 5.82. The first-order valence-corrected chi connectivity index (χ1v) is 4.71. The quantitative estimate of drug-likeness (QED) is 0.646. The van der Waals surface area contributed by atoms with E-state index in [1.165, 1.54) is 19.1 Å². The summed E-state index contributed by atoms with van der Waals surface area (Å²) in [6.45, 7) is 5.07. The Morgan fingerprint density at radius 2 is 1.81 bits per heavy atom. The molecule has 0 saturated carbocycles. The van der Waals surface area contributed by atoms with Gasteiger partial charge in [-0.05, 0) is 18.1 Å². The molecular formula is C13H11F3. The maximum absolute atomic E-state index is 13.2. The molecule has 0 N–H and O–H groups in total. The molecule has 16 heavy (non-hydrogen) atoms. The maximum Gasteiger partial charge on any atom is 0.306 e. The average molecular weight is 224 g/mol. The van der Waals surface area contributed by atoms with E-state index in [4.69, 9.17) is 0 Å². The fraction of sp³-hybridized carbons (Fsp3) is 0.0769. The van der Waals surface area contributed by atoms with Gasteiger partial charge in [-0.2, -0.15) is 8.78 Å². The zero-order valence-corrected chi connectivity index (χ0v) is 8.81. The summed E-state index contributed by atoms with van der Waals surface area (Å²) < 4.78 is 37.7. The summed E-state index contributed by atoms with van der Waals surface area (Å²) in [5, 5.41) is 0. The van der Waals surface area contributed by atoms with Crippen molar-refractivity contribution in [3.8, 4) is 0 Å². The largest absolute Gasteiger partial charge is 0.306 e. The molecular weight excluding hydrogens is 213 g/mol. The molecule has 1 aromatic rings. The van der Waals surface area contributed by atoms with Crippen molar-refractivity contribution in [2.75, 3.05) is 0 Å². The Bertz CT molecular complexity index is 452. The first-order valence-electron chi connectivity index (χ1n) is 4.71. The lowest BCUT2D eigenvalue weighted by molar-refractivity contribution is 0.389. The van der Waals surface area contributed by atoms with Crippen LogP contribution < -0.4 is 0 Å². The van der Waals surface area contributed by atoms with Gasteiger partial charge < -0.3 is 0 Å². The Balaban J connectivity index is 3.37. The summed E-state index contributed by atoms with van der Waals surface area (Å²) in [6.07, 6.45) is 0.506. The molecule has 0 atom stereocenters. The van der Waals surface area contributed by atoms with Gasteiger partial charge in [-0.1, -0.05) is 43.0 Å². The van der Waals surface area contributed by atoms with Crippen LogP contribution in [0.15, 0.2) is 48.8 Å². The van der Waals surface area contributed by atoms with E-state index in [0.29, 0.717) is 11.1 Å². The molecule has 0 bridgehead atoms. The van der Waals surface area contributed by atoms with E-state index < -0.39 is 11.9 Å². The number of hydrogen-bond acceptors (Lipinski definition) is 0. The van der Waals surface area contributed by atoms with E-state index in [9.17, 15) is 13.2 Å². The van der Waals surface area contributed by atoms with Crippen LogP contribution in [0.2, 0.25) is 0 Å². The first kappa shape index (κ1) is 12.3. The maximum atomic E-state index is 13.2. The van der Waals surface area contributed by atoms with Crippen LogP contribution in [0.5, 0.6) is 0 Å². The minimum Gasteiger partial charge on any atom is -0.200 e. The van der Waals surface area contributed by atoms with Crippen molar-refractivity contribution in [3.63, 3.8) is 0 Å². The third-order valence-corrected chi connectivity index (χ3v) is 2.16. The molecule has 84 valence electrons. The van der Waals surface area contributed by atoms with Gasteiger partial charge in [0.05, 0.1) is 0 Å². The van der Waals surface area contributed by atoms with E-state index >= 15 is 0 Å². The molecule has 0 spiro atoms. The molecule has 1 aromatic carbocycles. The monoisotopic (exact) mass is 224 g/mol. The summed E-state index contributed by atoms with van der Waals surface area (Å²) in [5.41, 5.74) is 0.910. The van der Waals surface area contributed by atoms with Crippen molar-refractivity contribution in [2.45, 2.75) is 6.92 Å². The fourth-order valence-corrected chi connectivity index (χ4v) is 1.42. The van der Waals surface area contributed by atoms with Crippen LogP contribution in [0.25, 0.3) is 11.6 Å². The predicted octanol–water partition coefficient (Wildman–Crippen LogP) is 4.81. The SMILES string of the molecule is C=Cc1ccccc1/C(=C\C)C(F)=C(F)F. The van der Waals surface area contributed by atoms with Gasteiger partial charge >= 0.3 is 6.08 Å². The van der Waals surface area contributed by atoms with Gasteiger partial charge in [0, 0.05) is 5.57 Å². The molecule has 1 rings (SSSR count). The van der Waals surface area contributed by atoms with Crippen molar-refractivity contribution in [2.24, 2.45) is 0 Å². The molecule has 0 radical (unpaired) electrons. The normalized spacial score (nSPS) is 11.1. The Morgan fingerprint density at radius 3 is 2.31 bits per heavy atom. The van der Waals surface area contributed by atoms with E-state index in [2.05, 4.69) is 6.58 Å². The summed E-state index contributed by atoms with van der Waals surface area (Å²) in [4.78, 5) is 0. The van der Waals surface area contributed by atoms with E-state index in [-0.39, 0.29) is 5.57 Å². The molecule has 0 aromatic heterocycles. The second-order valence-corrected chi connectivity index (χ2v) is 3.07. The lowest BCUT2D eigenvalue weighted by Crippen LogP contribution is -1.90. The van der Waals surface area contributed by atoms with Gasteiger partial charge in [-0.15, -0.1) is 0 Å². The summed E-state index contributed by atoms with van der Waals surface area (Å²) in [7, 11) is 0. The van der Waals surface area contributed by atoms with Crippen LogP contribution in [0.3, 0.4) is 0 Å². The summed E-state index contributed by atoms with van der Waals surface area (Å²) >= 11 is 0. The van der Waals surface area contributed by atoms with Crippen molar-refractivity contribution in [3.05, 3.63) is 60.0 Å². The van der Waals surface area contributed by atoms with Crippen molar-refractivity contribution < 1.29 is 13.2 Å². The van der Waals surface area contributed by atoms with Gasteiger partial charge in [0.25, 0.3) is 0 Å². The van der Waals surface area contributed by atoms with Crippen molar-refractivity contribution >= 4 is 11.6 Å². The lowest BCUT2D eigenvalue weighted by atomic mass is 9.99. The molecule has 3 heteroatoms. The Kier molecular flexibility index (Phi) is 4.11. The molecule has 0 aliphatic carbocycles. The van der Waals surface area contributed by atoms with E-state index in [0.717, 1.165) is 0 Å². The lowest BCUT2D eigenvalue weighted by Gasteiger charge is -2.07. The molecule has 0 saturated heterocycles. The second-order valence-electron chi connectivity index (χ2n) is 3.07. The van der Waals surface area contributed by atoms with Crippen molar-refractivity contribution in [1.29, 1.82) is 0 Å². The van der Waals surface area contributed by atoms with Crippen LogP contribution in [0.4, 0.5) is 13.2 Å². The molecule has 0 aliphatic rings. The van der Waals surface area contributed by atoms with Gasteiger partial charge in [-0.25, -0.2) is 4.39 Å². The summed E-state index contributed by atoms with van der Waals surface area (Å²) in [6, 6.07) is 6.67. The van der Waals surface area contributed by atoms with Gasteiger partial charge in [0.2, 0.25) is 0 Å². The third-order valence-electron chi connectivity index (χ3n) is 2.16. The van der Waals surface area contributed by atoms with Gasteiger partial charge in [0.15, 0.2) is 5.83 Å². The average Bonchev–Trinajstić information content (AvgIpc) is 2.30. The molecule has 0 heterocycles. The minimum atomic E-state index is -2.31. The van der Waals surface area contributed by atoms with Crippen LogP contribution >= 0.6 is 0 Å². The van der Waals surface area contributed by atoms with Crippen molar-refractivity contribution in [1.82, 2.24) is 0 Å². The zero-order chi connectivity index (χ0) is 12.1. The zero-order valence-electron chi connectivity index (χ0n) is 8.81. The highest BCUT2D eigenvalue weighted by Gasteiger charge is 2.14. The van der Waals surface area contributed by atoms with Crippen LogP contribution in [0, 0.1) is 0 Å². The fourth-order valence-electron chi connectivity index (χ4n) is 1.42. The topological polar surface area (TPSA) is 0 Å². The summed E-state index contributed by atoms with van der Waals surface area (Å²) in [5.74, 6) is -1.49. The number of halogens is 3. The molecule has 0 aliphatic heterocycles. The third kappa shape index (κ3) is 2.42. The predicted molar refractivity (Wildman–Crippen MR) is 60.5 cm³/mol. The van der Waals surface area contributed by atoms with Crippen LogP contribution in [-0.2, 0) is 0 Å². The van der Waals surface area contributed by atoms with Gasteiger partial charge in [-0.3, -0.25) is 0 Å². The molecule has 0 nitrogen and oxygen atoms in total. The highest BCUT2D eigenvalue weighted by Crippen LogP contribution is 2.30. The minimum absolute atomic E-state index is 0.115. The highest BCUT2D eigenvalue weighted by atomic mass is 19.3. The Hall–Kier alpha value is -1.77. The number of rotatable bonds is 3. The molecule has 0 amide bonds. The van der Waals surface area contributed by atoms with E-state index in [1.807, 2.05) is 0 Å². The van der Waals surface area contributed by atoms with Crippen LogP contribution in [-0.4, -0.2) is 0 Å². The second kappa shape index (κ2) is 5.35. The molecule has 0 unspecified atom stereocenters.